The van der Waals surface area contributed by atoms with Crippen LogP contribution in [0.1, 0.15) is 35.4 Å². The van der Waals surface area contributed by atoms with Crippen molar-refractivity contribution in [1.29, 1.82) is 0 Å². The molecule has 0 saturated carbocycles. The highest BCUT2D eigenvalue weighted by molar-refractivity contribution is 5.95. The molecule has 1 aliphatic rings. The van der Waals surface area contributed by atoms with Crippen LogP contribution in [-0.4, -0.2) is 12.1 Å². The van der Waals surface area contributed by atoms with Gasteiger partial charge in [-0.2, -0.15) is 5.10 Å². The van der Waals surface area contributed by atoms with Gasteiger partial charge in [0.05, 0.1) is 11.8 Å². The van der Waals surface area contributed by atoms with E-state index in [1.807, 2.05) is 6.21 Å². The minimum absolute atomic E-state index is 0.223. The molecule has 0 bridgehead atoms. The summed E-state index contributed by atoms with van der Waals surface area (Å²) in [7, 11) is 0. The zero-order valence-electron chi connectivity index (χ0n) is 9.85. The summed E-state index contributed by atoms with van der Waals surface area (Å²) in [5, 5.41) is 3.99. The van der Waals surface area contributed by atoms with Crippen molar-refractivity contribution in [1.82, 2.24) is 5.43 Å². The van der Waals surface area contributed by atoms with Crippen molar-refractivity contribution in [2.45, 2.75) is 26.2 Å². The Morgan fingerprint density at radius 1 is 1.59 bits per heavy atom. The smallest absolute Gasteiger partial charge is 0.274 e. The van der Waals surface area contributed by atoms with Gasteiger partial charge in [0.1, 0.15) is 5.76 Å². The first-order chi connectivity index (χ1) is 8.27. The number of nitrogens with one attached hydrogen (secondary N) is 1. The zero-order chi connectivity index (χ0) is 12.1. The van der Waals surface area contributed by atoms with Crippen molar-refractivity contribution in [2.75, 3.05) is 0 Å². The van der Waals surface area contributed by atoms with E-state index in [0.717, 1.165) is 19.3 Å². The van der Waals surface area contributed by atoms with E-state index in [1.165, 1.54) is 6.26 Å². The average Bonchev–Trinajstić information content (AvgIpc) is 2.77. The molecule has 0 saturated heterocycles. The molecule has 1 aromatic heterocycles. The number of carbonyl (C=O) groups excluding carboxylic acids is 1. The van der Waals surface area contributed by atoms with Crippen molar-refractivity contribution < 1.29 is 9.21 Å². The number of carbonyl (C=O) groups is 1. The number of hydrogen-bond acceptors (Lipinski definition) is 3. The molecule has 0 fully saturated rings. The minimum Gasteiger partial charge on any atom is -0.469 e. The average molecular weight is 232 g/mol. The first-order valence-electron chi connectivity index (χ1n) is 5.80. The lowest BCUT2D eigenvalue weighted by atomic mass is 9.96. The van der Waals surface area contributed by atoms with Crippen LogP contribution in [0.2, 0.25) is 0 Å². The second-order valence-corrected chi connectivity index (χ2v) is 4.15. The molecule has 1 aliphatic carbocycles. The Kier molecular flexibility index (Phi) is 3.75. The van der Waals surface area contributed by atoms with Crippen LogP contribution in [0.15, 0.2) is 34.0 Å². The standard InChI is InChI=1S/C13H16N2O2/c1-10-12(7-8-17-10)13(16)15-14-9-11-5-3-2-4-6-11/h2-3,7-9,11H,4-6H2,1H3,(H,15,16)/b14-9-/t11-/m1/s1. The van der Waals surface area contributed by atoms with E-state index < -0.39 is 0 Å². The quantitative estimate of drug-likeness (QED) is 0.495. The second kappa shape index (κ2) is 5.48. The SMILES string of the molecule is Cc1occc1C(=O)N/N=C\[C@@H]1CC=CCC1. The number of amides is 1. The molecular formula is C13H16N2O2. The van der Waals surface area contributed by atoms with E-state index in [9.17, 15) is 4.79 Å². The van der Waals surface area contributed by atoms with E-state index in [4.69, 9.17) is 4.42 Å². The number of hydrazone groups is 1. The van der Waals surface area contributed by atoms with Crippen molar-refractivity contribution in [3.05, 3.63) is 35.8 Å². The van der Waals surface area contributed by atoms with E-state index >= 15 is 0 Å². The zero-order valence-corrected chi connectivity index (χ0v) is 9.85. The fourth-order valence-electron chi connectivity index (χ4n) is 1.83. The predicted octanol–water partition coefficient (Wildman–Crippen LogP) is 2.66. The molecule has 4 nitrogen and oxygen atoms in total. The summed E-state index contributed by atoms with van der Waals surface area (Å²) >= 11 is 0. The van der Waals surface area contributed by atoms with E-state index in [0.29, 0.717) is 17.2 Å². The number of nitrogens with zero attached hydrogens (tertiary/aromatic N) is 1. The Morgan fingerprint density at radius 2 is 2.47 bits per heavy atom. The van der Waals surface area contributed by atoms with Crippen LogP contribution in [0.3, 0.4) is 0 Å². The topological polar surface area (TPSA) is 54.6 Å². The van der Waals surface area contributed by atoms with Gasteiger partial charge in [-0.15, -0.1) is 0 Å². The normalized spacial score (nSPS) is 19.7. The number of allylic oxidation sites excluding steroid dienone is 2. The van der Waals surface area contributed by atoms with Gasteiger partial charge in [0.15, 0.2) is 0 Å². The minimum atomic E-state index is -0.223. The summed E-state index contributed by atoms with van der Waals surface area (Å²) in [5.74, 6) is 0.822. The molecule has 0 aromatic carbocycles. The van der Waals surface area contributed by atoms with Crippen molar-refractivity contribution in [3.8, 4) is 0 Å². The molecular weight excluding hydrogens is 216 g/mol. The van der Waals surface area contributed by atoms with E-state index in [1.54, 1.807) is 13.0 Å². The van der Waals surface area contributed by atoms with Crippen molar-refractivity contribution in [2.24, 2.45) is 11.0 Å². The first kappa shape index (κ1) is 11.6. The van der Waals surface area contributed by atoms with Gasteiger partial charge in [-0.25, -0.2) is 5.43 Å². The van der Waals surface area contributed by atoms with Gasteiger partial charge in [0, 0.05) is 6.21 Å². The van der Waals surface area contributed by atoms with Gasteiger partial charge in [-0.3, -0.25) is 4.79 Å². The maximum absolute atomic E-state index is 11.7. The van der Waals surface area contributed by atoms with Crippen LogP contribution in [0, 0.1) is 12.8 Å². The lowest BCUT2D eigenvalue weighted by Crippen LogP contribution is -2.19. The summed E-state index contributed by atoms with van der Waals surface area (Å²) in [4.78, 5) is 11.7. The first-order valence-corrected chi connectivity index (χ1v) is 5.80. The lowest BCUT2D eigenvalue weighted by Gasteiger charge is -2.11. The molecule has 0 aliphatic heterocycles. The molecule has 1 atom stereocenters. The molecule has 4 heteroatoms. The third-order valence-electron chi connectivity index (χ3n) is 2.86. The molecule has 2 rings (SSSR count). The molecule has 0 spiro atoms. The second-order valence-electron chi connectivity index (χ2n) is 4.15. The Bertz CT molecular complexity index is 446. The summed E-state index contributed by atoms with van der Waals surface area (Å²) < 4.78 is 5.06. The summed E-state index contributed by atoms with van der Waals surface area (Å²) in [5.41, 5.74) is 3.05. The van der Waals surface area contributed by atoms with Crippen molar-refractivity contribution >= 4 is 12.1 Å². The lowest BCUT2D eigenvalue weighted by molar-refractivity contribution is 0.0953. The highest BCUT2D eigenvalue weighted by atomic mass is 16.3. The van der Waals surface area contributed by atoms with Crippen LogP contribution in [0.25, 0.3) is 0 Å². The maximum atomic E-state index is 11.7. The number of aryl methyl sites for hydroxylation is 1. The maximum Gasteiger partial charge on any atom is 0.274 e. The Balaban J connectivity index is 1.86. The van der Waals surface area contributed by atoms with Crippen LogP contribution in [-0.2, 0) is 0 Å². The summed E-state index contributed by atoms with van der Waals surface area (Å²) in [6.07, 6.45) is 10.8. The molecule has 0 radical (unpaired) electrons. The van der Waals surface area contributed by atoms with Crippen LogP contribution < -0.4 is 5.43 Å². The Morgan fingerprint density at radius 3 is 3.12 bits per heavy atom. The van der Waals surface area contributed by atoms with E-state index in [-0.39, 0.29) is 5.91 Å². The molecule has 0 unspecified atom stereocenters. The predicted molar refractivity (Wildman–Crippen MR) is 65.9 cm³/mol. The number of furan rings is 1. The van der Waals surface area contributed by atoms with E-state index in [2.05, 4.69) is 22.7 Å². The third-order valence-corrected chi connectivity index (χ3v) is 2.86. The van der Waals surface area contributed by atoms with Crippen LogP contribution in [0.4, 0.5) is 0 Å². The monoisotopic (exact) mass is 232 g/mol. The van der Waals surface area contributed by atoms with Gasteiger partial charge in [0.2, 0.25) is 0 Å². The highest BCUT2D eigenvalue weighted by Gasteiger charge is 2.10. The molecule has 17 heavy (non-hydrogen) atoms. The van der Waals surface area contributed by atoms with Gasteiger partial charge in [-0.1, -0.05) is 12.2 Å². The van der Waals surface area contributed by atoms with Crippen LogP contribution >= 0.6 is 0 Å². The summed E-state index contributed by atoms with van der Waals surface area (Å²) in [6.45, 7) is 1.75. The Hall–Kier alpha value is -1.84. The van der Waals surface area contributed by atoms with Gasteiger partial charge in [-0.05, 0) is 38.2 Å². The van der Waals surface area contributed by atoms with Gasteiger partial charge < -0.3 is 4.42 Å². The molecule has 1 amide bonds. The number of hydrogen-bond donors (Lipinski definition) is 1. The number of rotatable bonds is 3. The van der Waals surface area contributed by atoms with Gasteiger partial charge >= 0.3 is 0 Å². The highest BCUT2D eigenvalue weighted by Crippen LogP contribution is 2.15. The van der Waals surface area contributed by atoms with Gasteiger partial charge in [0.25, 0.3) is 5.91 Å². The fraction of sp³-hybridized carbons (Fsp3) is 0.385. The molecule has 1 heterocycles. The van der Waals surface area contributed by atoms with Crippen LogP contribution in [0.5, 0.6) is 0 Å². The molecule has 90 valence electrons. The third kappa shape index (κ3) is 3.06. The molecule has 1 aromatic rings. The van der Waals surface area contributed by atoms with Crippen molar-refractivity contribution in [3.63, 3.8) is 0 Å². The largest absolute Gasteiger partial charge is 0.469 e. The molecule has 1 N–H and O–H groups in total. The fourth-order valence-corrected chi connectivity index (χ4v) is 1.83. The summed E-state index contributed by atoms with van der Waals surface area (Å²) in [6, 6.07) is 1.64. The Labute approximate surface area is 100 Å².